The van der Waals surface area contributed by atoms with E-state index in [2.05, 4.69) is 10.3 Å². The fourth-order valence-electron chi connectivity index (χ4n) is 1.61. The third-order valence-corrected chi connectivity index (χ3v) is 4.43. The van der Waals surface area contributed by atoms with E-state index in [0.717, 1.165) is 22.0 Å². The molecule has 3 nitrogen and oxygen atoms in total. The number of aromatic nitrogens is 1. The summed E-state index contributed by atoms with van der Waals surface area (Å²) in [5, 5.41) is 5.94. The molecule has 20 heavy (non-hydrogen) atoms. The fourth-order valence-corrected chi connectivity index (χ4v) is 2.36. The number of nitrogens with zero attached hydrogens (tertiary/aromatic N) is 1. The maximum Gasteiger partial charge on any atom is 0.231 e. The average Bonchev–Trinajstić information content (AvgIpc) is 2.85. The van der Waals surface area contributed by atoms with Gasteiger partial charge in [-0.15, -0.1) is 22.9 Å². The number of amides is 1. The van der Waals surface area contributed by atoms with Crippen molar-refractivity contribution in [1.29, 1.82) is 0 Å². The number of halogens is 1. The van der Waals surface area contributed by atoms with Crippen LogP contribution in [0.5, 0.6) is 0 Å². The monoisotopic (exact) mass is 308 g/mol. The predicted molar refractivity (Wildman–Crippen MR) is 85.4 cm³/mol. The number of carbonyl (C=O) groups excluding carboxylic acids is 1. The Kier molecular flexibility index (Phi) is 4.45. The number of alkyl halides is 1. The molecule has 1 amide bonds. The van der Waals surface area contributed by atoms with Crippen LogP contribution in [-0.4, -0.2) is 16.8 Å². The highest BCUT2D eigenvalue weighted by atomic mass is 35.5. The van der Waals surface area contributed by atoms with E-state index in [1.807, 2.05) is 50.4 Å². The van der Waals surface area contributed by atoms with Crippen LogP contribution < -0.4 is 5.32 Å². The molecule has 0 fully saturated rings. The van der Waals surface area contributed by atoms with Gasteiger partial charge in [-0.25, -0.2) is 4.98 Å². The SMILES string of the molecule is Cc1nc(-c2cccc(NC(=O)C(C)(C)CCl)c2)cs1. The van der Waals surface area contributed by atoms with Crippen molar-refractivity contribution in [2.45, 2.75) is 20.8 Å². The molecule has 0 bridgehead atoms. The summed E-state index contributed by atoms with van der Waals surface area (Å²) in [7, 11) is 0. The first-order valence-corrected chi connectivity index (χ1v) is 7.74. The molecule has 0 aliphatic heterocycles. The van der Waals surface area contributed by atoms with Crippen molar-refractivity contribution in [2.24, 2.45) is 5.41 Å². The summed E-state index contributed by atoms with van der Waals surface area (Å²) in [5.41, 5.74) is 2.10. The number of aryl methyl sites for hydroxylation is 1. The molecule has 0 unspecified atom stereocenters. The van der Waals surface area contributed by atoms with Crippen molar-refractivity contribution in [3.05, 3.63) is 34.7 Å². The second-order valence-corrected chi connectivity index (χ2v) is 6.63. The van der Waals surface area contributed by atoms with Gasteiger partial charge < -0.3 is 5.32 Å². The Morgan fingerprint density at radius 3 is 2.80 bits per heavy atom. The highest BCUT2D eigenvalue weighted by Crippen LogP contribution is 2.25. The van der Waals surface area contributed by atoms with Crippen LogP contribution in [-0.2, 0) is 4.79 Å². The van der Waals surface area contributed by atoms with Gasteiger partial charge in [-0.3, -0.25) is 4.79 Å². The minimum Gasteiger partial charge on any atom is -0.326 e. The minimum atomic E-state index is -0.589. The molecule has 0 radical (unpaired) electrons. The molecule has 2 rings (SSSR count). The molecule has 1 aromatic carbocycles. The Morgan fingerprint density at radius 2 is 2.20 bits per heavy atom. The van der Waals surface area contributed by atoms with E-state index in [4.69, 9.17) is 11.6 Å². The molecule has 1 aromatic heterocycles. The molecule has 5 heteroatoms. The summed E-state index contributed by atoms with van der Waals surface area (Å²) in [6, 6.07) is 7.69. The molecule has 0 atom stereocenters. The fraction of sp³-hybridized carbons (Fsp3) is 0.333. The average molecular weight is 309 g/mol. The first-order chi connectivity index (χ1) is 9.42. The zero-order valence-corrected chi connectivity index (χ0v) is 13.3. The van der Waals surface area contributed by atoms with Crippen molar-refractivity contribution in [2.75, 3.05) is 11.2 Å². The lowest BCUT2D eigenvalue weighted by Crippen LogP contribution is -2.32. The number of benzene rings is 1. The lowest BCUT2D eigenvalue weighted by atomic mass is 9.95. The van der Waals surface area contributed by atoms with Crippen molar-refractivity contribution in [3.8, 4) is 11.3 Å². The number of nitrogens with one attached hydrogen (secondary N) is 1. The Balaban J connectivity index is 2.21. The van der Waals surface area contributed by atoms with Gasteiger partial charge >= 0.3 is 0 Å². The van der Waals surface area contributed by atoms with E-state index >= 15 is 0 Å². The molecule has 0 aliphatic rings. The van der Waals surface area contributed by atoms with Crippen LogP contribution in [0.2, 0.25) is 0 Å². The second-order valence-electron chi connectivity index (χ2n) is 5.30. The highest BCUT2D eigenvalue weighted by Gasteiger charge is 2.26. The van der Waals surface area contributed by atoms with Crippen LogP contribution in [0.1, 0.15) is 18.9 Å². The number of anilines is 1. The molecule has 0 saturated heterocycles. The van der Waals surface area contributed by atoms with Gasteiger partial charge in [0.15, 0.2) is 0 Å². The van der Waals surface area contributed by atoms with Crippen LogP contribution in [0.4, 0.5) is 5.69 Å². The normalized spacial score (nSPS) is 11.4. The Morgan fingerprint density at radius 1 is 1.45 bits per heavy atom. The third-order valence-electron chi connectivity index (χ3n) is 2.98. The van der Waals surface area contributed by atoms with Gasteiger partial charge in [0.1, 0.15) is 0 Å². The molecular formula is C15H17ClN2OS. The zero-order valence-electron chi connectivity index (χ0n) is 11.7. The summed E-state index contributed by atoms with van der Waals surface area (Å²) < 4.78 is 0. The molecule has 2 aromatic rings. The van der Waals surface area contributed by atoms with Crippen molar-refractivity contribution < 1.29 is 4.79 Å². The third kappa shape index (κ3) is 3.38. The second kappa shape index (κ2) is 5.94. The van der Waals surface area contributed by atoms with E-state index in [-0.39, 0.29) is 11.8 Å². The number of carbonyl (C=O) groups is 1. The Hall–Kier alpha value is -1.39. The summed E-state index contributed by atoms with van der Waals surface area (Å²) in [4.78, 5) is 16.6. The molecule has 0 saturated carbocycles. The summed E-state index contributed by atoms with van der Waals surface area (Å²) in [5.74, 6) is 0.197. The van der Waals surface area contributed by atoms with E-state index in [9.17, 15) is 4.79 Å². The zero-order chi connectivity index (χ0) is 14.8. The lowest BCUT2D eigenvalue weighted by molar-refractivity contribution is -0.122. The van der Waals surface area contributed by atoms with Gasteiger partial charge in [0.25, 0.3) is 0 Å². The van der Waals surface area contributed by atoms with Gasteiger partial charge in [-0.05, 0) is 32.9 Å². The van der Waals surface area contributed by atoms with Gasteiger partial charge in [0, 0.05) is 22.5 Å². The first kappa shape index (κ1) is 15.0. The van der Waals surface area contributed by atoms with Crippen LogP contribution in [0.3, 0.4) is 0 Å². The van der Waals surface area contributed by atoms with E-state index in [0.29, 0.717) is 0 Å². The predicted octanol–water partition coefficient (Wildman–Crippen LogP) is 4.32. The van der Waals surface area contributed by atoms with Crippen molar-refractivity contribution in [1.82, 2.24) is 4.98 Å². The molecule has 1 heterocycles. The standard InChI is InChI=1S/C15H17ClN2OS/c1-10-17-13(8-20-10)11-5-4-6-12(7-11)18-14(19)15(2,3)9-16/h4-8H,9H2,1-3H3,(H,18,19). The summed E-state index contributed by atoms with van der Waals surface area (Å²) in [6.45, 7) is 5.62. The molecule has 0 spiro atoms. The van der Waals surface area contributed by atoms with E-state index in [1.165, 1.54) is 0 Å². The Labute approximate surface area is 128 Å². The van der Waals surface area contributed by atoms with Crippen LogP contribution in [0.15, 0.2) is 29.6 Å². The van der Waals surface area contributed by atoms with Crippen molar-refractivity contribution in [3.63, 3.8) is 0 Å². The number of hydrogen-bond donors (Lipinski definition) is 1. The summed E-state index contributed by atoms with van der Waals surface area (Å²) >= 11 is 7.43. The Bertz CT molecular complexity index is 622. The smallest absolute Gasteiger partial charge is 0.231 e. The van der Waals surface area contributed by atoms with Crippen molar-refractivity contribution >= 4 is 34.5 Å². The largest absolute Gasteiger partial charge is 0.326 e. The maximum absolute atomic E-state index is 12.1. The molecule has 1 N–H and O–H groups in total. The molecule has 106 valence electrons. The molecular weight excluding hydrogens is 292 g/mol. The lowest BCUT2D eigenvalue weighted by Gasteiger charge is -2.20. The highest BCUT2D eigenvalue weighted by molar-refractivity contribution is 7.09. The molecule has 0 aliphatic carbocycles. The van der Waals surface area contributed by atoms with Gasteiger partial charge in [-0.1, -0.05) is 12.1 Å². The van der Waals surface area contributed by atoms with Gasteiger partial charge in [0.2, 0.25) is 5.91 Å². The van der Waals surface area contributed by atoms with Gasteiger partial charge in [-0.2, -0.15) is 0 Å². The number of rotatable bonds is 4. The van der Waals surface area contributed by atoms with E-state index in [1.54, 1.807) is 11.3 Å². The van der Waals surface area contributed by atoms with Gasteiger partial charge in [0.05, 0.1) is 16.1 Å². The van der Waals surface area contributed by atoms with E-state index < -0.39 is 5.41 Å². The topological polar surface area (TPSA) is 42.0 Å². The van der Waals surface area contributed by atoms with Crippen LogP contribution in [0.25, 0.3) is 11.3 Å². The first-order valence-electron chi connectivity index (χ1n) is 6.32. The number of hydrogen-bond acceptors (Lipinski definition) is 3. The van der Waals surface area contributed by atoms with Crippen LogP contribution in [0, 0.1) is 12.3 Å². The quantitative estimate of drug-likeness (QED) is 0.855. The summed E-state index contributed by atoms with van der Waals surface area (Å²) in [6.07, 6.45) is 0. The minimum absolute atomic E-state index is 0.0842. The number of thiazole rings is 1. The maximum atomic E-state index is 12.1. The van der Waals surface area contributed by atoms with Crippen LogP contribution >= 0.6 is 22.9 Å².